The second-order valence-corrected chi connectivity index (χ2v) is 7.52. The molecule has 0 aliphatic heterocycles. The topological polar surface area (TPSA) is 51.2 Å². The Morgan fingerprint density at radius 1 is 0.862 bits per heavy atom. The van der Waals surface area contributed by atoms with Crippen molar-refractivity contribution in [3.63, 3.8) is 0 Å². The predicted molar refractivity (Wildman–Crippen MR) is 120 cm³/mol. The summed E-state index contributed by atoms with van der Waals surface area (Å²) in [5, 5.41) is 0. The first kappa shape index (κ1) is 24.5. The normalized spacial score (nSPS) is 11.1. The van der Waals surface area contributed by atoms with Gasteiger partial charge >= 0.3 is 0 Å². The van der Waals surface area contributed by atoms with Crippen LogP contribution in [-0.4, -0.2) is 17.9 Å². The van der Waals surface area contributed by atoms with Crippen LogP contribution >= 0.6 is 0 Å². The fraction of sp³-hybridized carbons (Fsp3) is 0.423. The first-order valence-electron chi connectivity index (χ1n) is 10.7. The standard InChI is InChI=1S/C13H16O2.C13H18O/c1-2-3-4-5-11-6-8-12(9-7-11)13(15)10-14;1-3-7-11(2)10-13(14)12-8-5-4-6-9-12/h6-10H,2-5H2,1H3;4-6,8-9,11H,3,7,10H2,1-2H3. The lowest BCUT2D eigenvalue weighted by molar-refractivity contribution is -0.104. The molecule has 1 atom stereocenters. The molecule has 3 nitrogen and oxygen atoms in total. The molecular formula is C26H34O3. The van der Waals surface area contributed by atoms with E-state index in [0.717, 1.165) is 24.8 Å². The molecule has 0 aromatic heterocycles. The van der Waals surface area contributed by atoms with E-state index in [1.165, 1.54) is 24.8 Å². The molecule has 0 fully saturated rings. The Bertz CT molecular complexity index is 732. The van der Waals surface area contributed by atoms with E-state index in [-0.39, 0.29) is 5.78 Å². The molecule has 0 saturated carbocycles. The Hall–Kier alpha value is -2.55. The summed E-state index contributed by atoms with van der Waals surface area (Å²) in [5.74, 6) is 0.328. The molecule has 0 spiro atoms. The van der Waals surface area contributed by atoms with Gasteiger partial charge in [-0.3, -0.25) is 14.4 Å². The van der Waals surface area contributed by atoms with Crippen LogP contribution in [0.4, 0.5) is 0 Å². The summed E-state index contributed by atoms with van der Waals surface area (Å²) in [5.41, 5.74) is 2.55. The third-order valence-electron chi connectivity index (χ3n) is 4.83. The Morgan fingerprint density at radius 2 is 1.52 bits per heavy atom. The highest BCUT2D eigenvalue weighted by atomic mass is 16.2. The number of carbonyl (C=O) groups excluding carboxylic acids is 3. The third kappa shape index (κ3) is 9.98. The number of hydrogen-bond donors (Lipinski definition) is 0. The molecule has 0 bridgehead atoms. The maximum absolute atomic E-state index is 11.7. The lowest BCUT2D eigenvalue weighted by Gasteiger charge is -2.08. The molecule has 0 heterocycles. The minimum absolute atomic E-state index is 0.270. The Balaban J connectivity index is 0.000000291. The van der Waals surface area contributed by atoms with Gasteiger partial charge in [-0.25, -0.2) is 0 Å². The van der Waals surface area contributed by atoms with Crippen molar-refractivity contribution >= 4 is 17.9 Å². The number of rotatable bonds is 11. The highest BCUT2D eigenvalue weighted by molar-refractivity contribution is 6.33. The highest BCUT2D eigenvalue weighted by Crippen LogP contribution is 2.14. The van der Waals surface area contributed by atoms with Gasteiger partial charge < -0.3 is 0 Å². The summed E-state index contributed by atoms with van der Waals surface area (Å²) in [6.45, 7) is 6.47. The maximum atomic E-state index is 11.7. The lowest BCUT2D eigenvalue weighted by Crippen LogP contribution is -2.05. The van der Waals surface area contributed by atoms with E-state index in [4.69, 9.17) is 0 Å². The molecule has 156 valence electrons. The van der Waals surface area contributed by atoms with E-state index in [1.54, 1.807) is 12.1 Å². The summed E-state index contributed by atoms with van der Waals surface area (Å²) in [6, 6.07) is 16.8. The summed E-state index contributed by atoms with van der Waals surface area (Å²) in [7, 11) is 0. The van der Waals surface area contributed by atoms with Crippen LogP contribution in [-0.2, 0) is 11.2 Å². The molecule has 2 aromatic rings. The van der Waals surface area contributed by atoms with E-state index in [2.05, 4.69) is 20.8 Å². The zero-order valence-corrected chi connectivity index (χ0v) is 18.0. The number of unbranched alkanes of at least 4 members (excludes halogenated alkanes) is 2. The van der Waals surface area contributed by atoms with Crippen LogP contribution in [0.15, 0.2) is 54.6 Å². The summed E-state index contributed by atoms with van der Waals surface area (Å²) < 4.78 is 0. The highest BCUT2D eigenvalue weighted by Gasteiger charge is 2.09. The monoisotopic (exact) mass is 394 g/mol. The van der Waals surface area contributed by atoms with Crippen LogP contribution in [0.25, 0.3) is 0 Å². The van der Waals surface area contributed by atoms with E-state index in [1.807, 2.05) is 42.5 Å². The van der Waals surface area contributed by atoms with Crippen LogP contribution in [0.5, 0.6) is 0 Å². The minimum Gasteiger partial charge on any atom is -0.294 e. The fourth-order valence-corrected chi connectivity index (χ4v) is 3.14. The van der Waals surface area contributed by atoms with Crippen molar-refractivity contribution < 1.29 is 14.4 Å². The van der Waals surface area contributed by atoms with Crippen LogP contribution in [0, 0.1) is 5.92 Å². The molecule has 0 saturated heterocycles. The lowest BCUT2D eigenvalue weighted by atomic mass is 9.96. The summed E-state index contributed by atoms with van der Waals surface area (Å²) in [4.78, 5) is 33.0. The first-order chi connectivity index (χ1) is 14.0. The average Bonchev–Trinajstić information content (AvgIpc) is 2.75. The number of Topliss-reactive ketones (excluding diaryl/α,β-unsaturated/α-hetero) is 2. The fourth-order valence-electron chi connectivity index (χ4n) is 3.14. The second-order valence-electron chi connectivity index (χ2n) is 7.52. The number of aryl methyl sites for hydroxylation is 1. The Morgan fingerprint density at radius 3 is 2.07 bits per heavy atom. The molecule has 1 unspecified atom stereocenters. The molecule has 0 radical (unpaired) electrons. The molecule has 0 amide bonds. The number of hydrogen-bond acceptors (Lipinski definition) is 3. The largest absolute Gasteiger partial charge is 0.294 e. The molecular weight excluding hydrogens is 360 g/mol. The molecule has 3 heteroatoms. The molecule has 0 N–H and O–H groups in total. The van der Waals surface area contributed by atoms with Gasteiger partial charge in [0.2, 0.25) is 5.78 Å². The van der Waals surface area contributed by atoms with Gasteiger partial charge in [-0.05, 0) is 24.3 Å². The second kappa shape index (κ2) is 14.4. The quantitative estimate of drug-likeness (QED) is 0.189. The Kier molecular flexibility index (Phi) is 12.2. The third-order valence-corrected chi connectivity index (χ3v) is 4.83. The number of aldehydes is 1. The van der Waals surface area contributed by atoms with E-state index < -0.39 is 5.78 Å². The number of ketones is 2. The van der Waals surface area contributed by atoms with Gasteiger partial charge in [0.15, 0.2) is 12.1 Å². The number of carbonyl (C=O) groups is 3. The molecule has 29 heavy (non-hydrogen) atoms. The van der Waals surface area contributed by atoms with Crippen LogP contribution in [0.2, 0.25) is 0 Å². The van der Waals surface area contributed by atoms with Crippen LogP contribution < -0.4 is 0 Å². The predicted octanol–water partition coefficient (Wildman–Crippen LogP) is 6.50. The van der Waals surface area contributed by atoms with Gasteiger partial charge in [-0.15, -0.1) is 0 Å². The van der Waals surface area contributed by atoms with E-state index in [9.17, 15) is 14.4 Å². The van der Waals surface area contributed by atoms with Crippen molar-refractivity contribution in [2.45, 2.75) is 65.7 Å². The van der Waals surface area contributed by atoms with Gasteiger partial charge in [0.05, 0.1) is 0 Å². The van der Waals surface area contributed by atoms with Crippen LogP contribution in [0.1, 0.15) is 85.6 Å². The van der Waals surface area contributed by atoms with Crippen molar-refractivity contribution in [1.29, 1.82) is 0 Å². The summed E-state index contributed by atoms with van der Waals surface area (Å²) in [6.07, 6.45) is 7.99. The number of benzene rings is 2. The van der Waals surface area contributed by atoms with E-state index >= 15 is 0 Å². The van der Waals surface area contributed by atoms with Crippen molar-refractivity contribution in [3.05, 3.63) is 71.3 Å². The van der Waals surface area contributed by atoms with Crippen molar-refractivity contribution in [1.82, 2.24) is 0 Å². The van der Waals surface area contributed by atoms with Crippen molar-refractivity contribution in [2.75, 3.05) is 0 Å². The minimum atomic E-state index is -0.449. The average molecular weight is 395 g/mol. The molecule has 2 aromatic carbocycles. The zero-order valence-electron chi connectivity index (χ0n) is 18.0. The SMILES string of the molecule is CCCC(C)CC(=O)c1ccccc1.CCCCCc1ccc(C(=O)C=O)cc1. The Labute approximate surface area is 175 Å². The van der Waals surface area contributed by atoms with Crippen molar-refractivity contribution in [2.24, 2.45) is 5.92 Å². The molecule has 0 aliphatic carbocycles. The van der Waals surface area contributed by atoms with Gasteiger partial charge in [-0.1, -0.05) is 101 Å². The van der Waals surface area contributed by atoms with Crippen LogP contribution in [0.3, 0.4) is 0 Å². The summed E-state index contributed by atoms with van der Waals surface area (Å²) >= 11 is 0. The van der Waals surface area contributed by atoms with Gasteiger partial charge in [-0.2, -0.15) is 0 Å². The van der Waals surface area contributed by atoms with Gasteiger partial charge in [0, 0.05) is 17.5 Å². The maximum Gasteiger partial charge on any atom is 0.225 e. The smallest absolute Gasteiger partial charge is 0.225 e. The molecule has 2 rings (SSSR count). The first-order valence-corrected chi connectivity index (χ1v) is 10.7. The van der Waals surface area contributed by atoms with Crippen molar-refractivity contribution in [3.8, 4) is 0 Å². The van der Waals surface area contributed by atoms with Gasteiger partial charge in [0.25, 0.3) is 0 Å². The zero-order chi connectivity index (χ0) is 21.5. The van der Waals surface area contributed by atoms with Gasteiger partial charge in [0.1, 0.15) is 0 Å². The van der Waals surface area contributed by atoms with E-state index in [0.29, 0.717) is 24.2 Å². The molecule has 0 aliphatic rings.